The average Bonchev–Trinajstić information content (AvgIpc) is 3.24. The van der Waals surface area contributed by atoms with Gasteiger partial charge in [0.2, 0.25) is 0 Å². The quantitative estimate of drug-likeness (QED) is 0.353. The molecule has 5 heteroatoms. The van der Waals surface area contributed by atoms with Crippen molar-refractivity contribution in [3.05, 3.63) is 75.4 Å². The number of rotatable bonds is 6. The number of para-hydroxylation sites is 1. The van der Waals surface area contributed by atoms with Crippen LogP contribution in [0.15, 0.2) is 59.4 Å². The van der Waals surface area contributed by atoms with E-state index in [2.05, 4.69) is 32.9 Å². The van der Waals surface area contributed by atoms with Crippen LogP contribution in [0.4, 0.5) is 5.69 Å². The molecule has 0 fully saturated rings. The molecule has 0 bridgehead atoms. The van der Waals surface area contributed by atoms with Gasteiger partial charge in [-0.15, -0.1) is 11.3 Å². The van der Waals surface area contributed by atoms with Gasteiger partial charge in [-0.05, 0) is 49.1 Å². The first-order chi connectivity index (χ1) is 15.0. The van der Waals surface area contributed by atoms with Crippen LogP contribution in [0.5, 0.6) is 0 Å². The maximum atomic E-state index is 13.6. The Kier molecular flexibility index (Phi) is 5.96. The number of fused-ring (bicyclic) bond motifs is 3. The third-order valence-corrected chi connectivity index (χ3v) is 6.89. The molecule has 0 aliphatic heterocycles. The molecule has 0 spiro atoms. The number of aromatic nitrogens is 1. The summed E-state index contributed by atoms with van der Waals surface area (Å²) in [6, 6.07) is 17.9. The summed E-state index contributed by atoms with van der Waals surface area (Å²) in [7, 11) is 0. The Morgan fingerprint density at radius 1 is 1.03 bits per heavy atom. The van der Waals surface area contributed by atoms with Crippen molar-refractivity contribution < 1.29 is 4.79 Å². The van der Waals surface area contributed by atoms with Crippen LogP contribution in [0.1, 0.15) is 55.3 Å². The first-order valence-corrected chi connectivity index (χ1v) is 11.7. The second-order valence-electron chi connectivity index (χ2n) is 8.12. The highest BCUT2D eigenvalue weighted by Gasteiger charge is 2.22. The predicted molar refractivity (Wildman–Crippen MR) is 132 cm³/mol. The van der Waals surface area contributed by atoms with Crippen molar-refractivity contribution in [2.45, 2.75) is 46.6 Å². The summed E-state index contributed by atoms with van der Waals surface area (Å²) < 4.78 is 2.67. The maximum absolute atomic E-state index is 13.6. The number of nitrogens with zero attached hydrogens (tertiary/aromatic N) is 2. The van der Waals surface area contributed by atoms with E-state index in [4.69, 9.17) is 0 Å². The molecule has 4 rings (SSSR count). The van der Waals surface area contributed by atoms with Crippen LogP contribution in [-0.2, 0) is 6.54 Å². The third kappa shape index (κ3) is 3.79. The molecule has 0 aliphatic rings. The summed E-state index contributed by atoms with van der Waals surface area (Å²) >= 11 is 1.42. The van der Waals surface area contributed by atoms with Gasteiger partial charge in [-0.3, -0.25) is 9.59 Å². The van der Waals surface area contributed by atoms with Crippen LogP contribution in [0.25, 0.3) is 21.0 Å². The van der Waals surface area contributed by atoms with Crippen LogP contribution in [0.2, 0.25) is 0 Å². The monoisotopic (exact) mass is 432 g/mol. The van der Waals surface area contributed by atoms with Gasteiger partial charge in [-0.1, -0.05) is 51.1 Å². The Morgan fingerprint density at radius 2 is 1.74 bits per heavy atom. The molecule has 160 valence electrons. The van der Waals surface area contributed by atoms with E-state index in [9.17, 15) is 9.59 Å². The number of carbonyl (C=O) groups is 1. The molecule has 4 nitrogen and oxygen atoms in total. The minimum Gasteiger partial charge on any atom is -0.308 e. The van der Waals surface area contributed by atoms with Gasteiger partial charge >= 0.3 is 0 Å². The summed E-state index contributed by atoms with van der Waals surface area (Å²) in [6.07, 6.45) is 0.855. The topological polar surface area (TPSA) is 42.3 Å². The summed E-state index contributed by atoms with van der Waals surface area (Å²) in [5.74, 6) is 0.396. The first kappa shape index (κ1) is 21.3. The van der Waals surface area contributed by atoms with E-state index in [1.165, 1.54) is 16.9 Å². The van der Waals surface area contributed by atoms with E-state index < -0.39 is 0 Å². The van der Waals surface area contributed by atoms with Gasteiger partial charge in [0.05, 0.1) is 15.8 Å². The van der Waals surface area contributed by atoms with E-state index in [1.807, 2.05) is 48.2 Å². The highest BCUT2D eigenvalue weighted by atomic mass is 32.1. The van der Waals surface area contributed by atoms with Crippen molar-refractivity contribution in [3.63, 3.8) is 0 Å². The van der Waals surface area contributed by atoms with Crippen molar-refractivity contribution in [2.24, 2.45) is 0 Å². The Hall–Kier alpha value is -2.92. The molecule has 31 heavy (non-hydrogen) atoms. The molecule has 2 aromatic carbocycles. The number of aryl methyl sites for hydroxylation is 1. The lowest BCUT2D eigenvalue weighted by Crippen LogP contribution is -2.31. The molecule has 1 amide bonds. The molecule has 0 aliphatic carbocycles. The predicted octanol–water partition coefficient (Wildman–Crippen LogP) is 6.42. The Labute approximate surface area is 186 Å². The molecule has 0 radical (unpaired) electrons. The molecule has 4 aromatic rings. The number of thiophene rings is 1. The summed E-state index contributed by atoms with van der Waals surface area (Å²) in [5.41, 5.74) is 3.03. The van der Waals surface area contributed by atoms with Crippen LogP contribution in [0, 0.1) is 0 Å². The van der Waals surface area contributed by atoms with Gasteiger partial charge in [-0.2, -0.15) is 0 Å². The largest absolute Gasteiger partial charge is 0.308 e. The normalized spacial score (nSPS) is 11.5. The molecule has 2 aromatic heterocycles. The number of hydrogen-bond donors (Lipinski definition) is 0. The van der Waals surface area contributed by atoms with Crippen molar-refractivity contribution >= 4 is 43.9 Å². The number of hydrogen-bond acceptors (Lipinski definition) is 3. The van der Waals surface area contributed by atoms with E-state index in [1.54, 1.807) is 10.6 Å². The van der Waals surface area contributed by atoms with Crippen molar-refractivity contribution in [3.8, 4) is 0 Å². The number of benzene rings is 2. The van der Waals surface area contributed by atoms with Crippen molar-refractivity contribution in [2.75, 3.05) is 11.4 Å². The third-order valence-electron chi connectivity index (χ3n) is 5.74. The smallest absolute Gasteiger partial charge is 0.268 e. The molecule has 0 N–H and O–H groups in total. The number of amides is 1. The molecular weight excluding hydrogens is 404 g/mol. The van der Waals surface area contributed by atoms with Gasteiger partial charge < -0.3 is 9.47 Å². The number of pyridine rings is 1. The van der Waals surface area contributed by atoms with Gasteiger partial charge in [0.15, 0.2) is 0 Å². The summed E-state index contributed by atoms with van der Waals surface area (Å²) in [6.45, 7) is 9.60. The molecule has 2 heterocycles. The highest BCUT2D eigenvalue weighted by Crippen LogP contribution is 2.32. The average molecular weight is 433 g/mol. The Bertz CT molecular complexity index is 1300. The zero-order chi connectivity index (χ0) is 22.1. The highest BCUT2D eigenvalue weighted by molar-refractivity contribution is 7.21. The molecule has 0 saturated carbocycles. The Morgan fingerprint density at radius 3 is 2.39 bits per heavy atom. The zero-order valence-electron chi connectivity index (χ0n) is 18.5. The minimum absolute atomic E-state index is 0.0326. The molecule has 0 unspecified atom stereocenters. The standard InChI is InChI=1S/C26H28N2O2S/c1-5-15-28(19-13-11-18(12-14-19)17(3)4)26(30)23-16-21-24(31-23)20-9-7-8-10-22(20)27(6-2)25(21)29/h7-14,16-17H,5-6,15H2,1-4H3. The molecule has 0 saturated heterocycles. The lowest BCUT2D eigenvalue weighted by atomic mass is 10.0. The van der Waals surface area contributed by atoms with Gasteiger partial charge in [-0.25, -0.2) is 0 Å². The lowest BCUT2D eigenvalue weighted by Gasteiger charge is -2.22. The van der Waals surface area contributed by atoms with Crippen molar-refractivity contribution in [1.82, 2.24) is 4.57 Å². The second-order valence-corrected chi connectivity index (χ2v) is 9.18. The fraction of sp³-hybridized carbons (Fsp3) is 0.308. The van der Waals surface area contributed by atoms with E-state index in [0.717, 1.165) is 27.7 Å². The van der Waals surface area contributed by atoms with E-state index >= 15 is 0 Å². The summed E-state index contributed by atoms with van der Waals surface area (Å²) in [5, 5.41) is 1.65. The zero-order valence-corrected chi connectivity index (χ0v) is 19.3. The van der Waals surface area contributed by atoms with E-state index in [0.29, 0.717) is 29.3 Å². The molecular formula is C26H28N2O2S. The number of anilines is 1. The SMILES string of the molecule is CCCN(C(=O)c1cc2c(=O)n(CC)c3ccccc3c2s1)c1ccc(C(C)C)cc1. The minimum atomic E-state index is -0.0492. The fourth-order valence-corrected chi connectivity index (χ4v) is 5.20. The van der Waals surface area contributed by atoms with Crippen LogP contribution in [-0.4, -0.2) is 17.0 Å². The number of carbonyl (C=O) groups excluding carboxylic acids is 1. The first-order valence-electron chi connectivity index (χ1n) is 10.9. The van der Waals surface area contributed by atoms with Gasteiger partial charge in [0.25, 0.3) is 11.5 Å². The van der Waals surface area contributed by atoms with Gasteiger partial charge in [0.1, 0.15) is 0 Å². The van der Waals surface area contributed by atoms with Gasteiger partial charge in [0, 0.05) is 28.9 Å². The van der Waals surface area contributed by atoms with Crippen LogP contribution in [0.3, 0.4) is 0 Å². The van der Waals surface area contributed by atoms with Crippen molar-refractivity contribution in [1.29, 1.82) is 0 Å². The molecule has 0 atom stereocenters. The lowest BCUT2D eigenvalue weighted by molar-refractivity contribution is 0.0991. The maximum Gasteiger partial charge on any atom is 0.268 e. The summed E-state index contributed by atoms with van der Waals surface area (Å²) in [4.78, 5) is 29.1. The van der Waals surface area contributed by atoms with Crippen LogP contribution < -0.4 is 10.5 Å². The van der Waals surface area contributed by atoms with E-state index in [-0.39, 0.29) is 11.5 Å². The fourth-order valence-electron chi connectivity index (χ4n) is 4.07. The second kappa shape index (κ2) is 8.67. The van der Waals surface area contributed by atoms with Crippen LogP contribution >= 0.6 is 11.3 Å². The Balaban J connectivity index is 1.83.